The van der Waals surface area contributed by atoms with E-state index in [1.807, 2.05) is 60.6 Å². The van der Waals surface area contributed by atoms with Crippen molar-refractivity contribution in [1.82, 2.24) is 10.1 Å². The summed E-state index contributed by atoms with van der Waals surface area (Å²) in [5, 5.41) is 4.29. The molecule has 246 valence electrons. The first-order chi connectivity index (χ1) is 20.5. The van der Waals surface area contributed by atoms with Crippen LogP contribution in [0.4, 0.5) is 0 Å². The fraction of sp³-hybridized carbons (Fsp3) is 0.600. The quantitative estimate of drug-likeness (QED) is 0.262. The van der Waals surface area contributed by atoms with E-state index in [2.05, 4.69) is 65.3 Å². The number of aryl methyl sites for hydroxylation is 2. The highest BCUT2D eigenvalue weighted by molar-refractivity contribution is 8.30. The van der Waals surface area contributed by atoms with Crippen molar-refractivity contribution in [3.05, 3.63) is 52.2 Å². The van der Waals surface area contributed by atoms with E-state index >= 15 is 0 Å². The summed E-state index contributed by atoms with van der Waals surface area (Å²) in [6, 6.07) is 6.04. The summed E-state index contributed by atoms with van der Waals surface area (Å²) >= 11 is 1.77. The third-order valence-corrected chi connectivity index (χ3v) is 13.0. The highest BCUT2D eigenvalue weighted by Crippen LogP contribution is 2.57. The lowest BCUT2D eigenvalue weighted by Gasteiger charge is -2.45. The van der Waals surface area contributed by atoms with E-state index in [0.29, 0.717) is 23.9 Å². The van der Waals surface area contributed by atoms with Crippen LogP contribution >= 0.6 is 22.1 Å². The summed E-state index contributed by atoms with van der Waals surface area (Å²) in [5.74, 6) is 4.60. The van der Waals surface area contributed by atoms with Crippen LogP contribution in [0.2, 0.25) is 0 Å². The zero-order valence-electron chi connectivity index (χ0n) is 29.6. The smallest absolute Gasteiger partial charge is 0.271 e. The molecule has 0 amide bonds. The van der Waals surface area contributed by atoms with E-state index in [1.54, 1.807) is 11.8 Å². The molecule has 44 heavy (non-hydrogen) atoms. The zero-order chi connectivity index (χ0) is 33.3. The van der Waals surface area contributed by atoms with Gasteiger partial charge in [-0.2, -0.15) is 4.98 Å². The van der Waals surface area contributed by atoms with Gasteiger partial charge in [-0.3, -0.25) is 0 Å². The molecule has 0 spiro atoms. The molecule has 1 atom stereocenters. The van der Waals surface area contributed by atoms with Crippen LogP contribution in [0.25, 0.3) is 0 Å². The molecule has 3 heterocycles. The lowest BCUT2D eigenvalue weighted by Crippen LogP contribution is -2.36. The molecule has 2 aromatic carbocycles. The summed E-state index contributed by atoms with van der Waals surface area (Å²) in [4.78, 5) is 5.89. The molecule has 0 radical (unpaired) electrons. The molecular weight excluding hydrogens is 593 g/mol. The van der Waals surface area contributed by atoms with Crippen molar-refractivity contribution in [2.75, 3.05) is 18.3 Å². The Morgan fingerprint density at radius 1 is 0.886 bits per heavy atom. The van der Waals surface area contributed by atoms with E-state index in [4.69, 9.17) is 27.9 Å². The summed E-state index contributed by atoms with van der Waals surface area (Å²) in [7, 11) is -1.33. The zero-order valence-corrected chi connectivity index (χ0v) is 31.2. The predicted molar refractivity (Wildman–Crippen MR) is 185 cm³/mol. The first-order valence-corrected chi connectivity index (χ1v) is 19.1. The van der Waals surface area contributed by atoms with Gasteiger partial charge in [0, 0.05) is 36.3 Å². The van der Waals surface area contributed by atoms with Crippen LogP contribution < -0.4 is 18.4 Å². The van der Waals surface area contributed by atoms with Crippen molar-refractivity contribution in [3.63, 3.8) is 0 Å². The molecule has 3 aromatic rings. The minimum Gasteiger partial charge on any atom is -0.475 e. The molecule has 0 aliphatic carbocycles. The molecular formula is C35H54N2O5S2. The average Bonchev–Trinajstić information content (AvgIpc) is 3.57. The first-order valence-electron chi connectivity index (χ1n) is 15.7. The second-order valence-corrected chi connectivity index (χ2v) is 17.7. The second-order valence-electron chi connectivity index (χ2n) is 12.8. The van der Waals surface area contributed by atoms with Crippen molar-refractivity contribution >= 4 is 22.1 Å². The number of fused-ring (bicyclic) bond motifs is 2. The number of ether oxygens (including phenoxy) is 3. The summed E-state index contributed by atoms with van der Waals surface area (Å²) < 4.78 is 31.0. The SMILES string of the molecule is CC.CC.Cc1c(C)c2c(c(C)c1OS(C)(C)C(C)(C)C)SCC(C)(c1nc(CCc3ccc4c(c3)OC(C)(C)O4)no1)O2. The van der Waals surface area contributed by atoms with E-state index in [9.17, 15) is 0 Å². The predicted octanol–water partition coefficient (Wildman–Crippen LogP) is 9.90. The van der Waals surface area contributed by atoms with Gasteiger partial charge in [0.2, 0.25) is 5.79 Å². The van der Waals surface area contributed by atoms with Crippen molar-refractivity contribution in [1.29, 1.82) is 0 Å². The molecule has 0 fully saturated rings. The lowest BCUT2D eigenvalue weighted by molar-refractivity contribution is -0.0431. The molecule has 1 unspecified atom stereocenters. The van der Waals surface area contributed by atoms with Crippen LogP contribution in [0.5, 0.6) is 23.0 Å². The summed E-state index contributed by atoms with van der Waals surface area (Å²) in [6.45, 7) is 27.0. The molecule has 1 aromatic heterocycles. The Morgan fingerprint density at radius 2 is 1.52 bits per heavy atom. The maximum atomic E-state index is 6.77. The standard InChI is InChI=1S/C31H42N2O5S2.2C2H6/c1-18-19(2)26-27(20(3)25(18)38-40(10,11)29(4,5)6)39-17-31(9,36-26)28-32-24(33-37-28)15-13-21-12-14-22-23(16-21)35-30(7,8)34-22;2*1-2/h12,14,16H,13,15,17H2,1-11H3;2*1-2H3. The van der Waals surface area contributed by atoms with E-state index in [1.165, 1.54) is 0 Å². The molecule has 7 nitrogen and oxygen atoms in total. The van der Waals surface area contributed by atoms with Crippen molar-refractivity contribution in [2.24, 2.45) is 0 Å². The Morgan fingerprint density at radius 3 is 2.16 bits per heavy atom. The van der Waals surface area contributed by atoms with Gasteiger partial charge in [-0.1, -0.05) is 49.2 Å². The number of nitrogens with zero attached hydrogens (tertiary/aromatic N) is 2. The summed E-state index contributed by atoms with van der Waals surface area (Å²) in [6.07, 6.45) is 5.89. The van der Waals surface area contributed by atoms with Crippen LogP contribution in [0, 0.1) is 20.8 Å². The highest BCUT2D eigenvalue weighted by Gasteiger charge is 2.42. The van der Waals surface area contributed by atoms with Gasteiger partial charge in [0.1, 0.15) is 11.5 Å². The number of thioether (sulfide) groups is 1. The first kappa shape index (κ1) is 36.0. The van der Waals surface area contributed by atoms with Gasteiger partial charge in [-0.25, -0.2) is 0 Å². The van der Waals surface area contributed by atoms with Crippen LogP contribution in [0.3, 0.4) is 0 Å². The van der Waals surface area contributed by atoms with Gasteiger partial charge in [0.05, 0.1) is 4.90 Å². The fourth-order valence-corrected chi connectivity index (χ4v) is 6.79. The number of benzene rings is 2. The second kappa shape index (κ2) is 13.5. The minimum absolute atomic E-state index is 0.0627. The van der Waals surface area contributed by atoms with Crippen LogP contribution in [0.1, 0.15) is 103 Å². The van der Waals surface area contributed by atoms with Gasteiger partial charge >= 0.3 is 0 Å². The van der Waals surface area contributed by atoms with Gasteiger partial charge in [-0.15, -0.1) is 11.8 Å². The molecule has 0 saturated heterocycles. The van der Waals surface area contributed by atoms with E-state index in [0.717, 1.165) is 56.6 Å². The molecule has 9 heteroatoms. The number of hydrogen-bond acceptors (Lipinski definition) is 8. The van der Waals surface area contributed by atoms with Gasteiger partial charge < -0.3 is 22.9 Å². The Bertz CT molecular complexity index is 1460. The van der Waals surface area contributed by atoms with Gasteiger partial charge in [0.25, 0.3) is 5.89 Å². The normalized spacial score (nSPS) is 18.6. The minimum atomic E-state index is -1.33. The fourth-order valence-electron chi connectivity index (χ4n) is 4.64. The third kappa shape index (κ3) is 7.30. The van der Waals surface area contributed by atoms with Crippen molar-refractivity contribution in [2.45, 2.75) is 124 Å². The largest absolute Gasteiger partial charge is 0.475 e. The monoisotopic (exact) mass is 646 g/mol. The molecule has 0 N–H and O–H groups in total. The molecule has 0 bridgehead atoms. The third-order valence-electron chi connectivity index (χ3n) is 7.99. The van der Waals surface area contributed by atoms with Crippen LogP contribution in [-0.4, -0.2) is 38.9 Å². The number of rotatable bonds is 6. The lowest BCUT2D eigenvalue weighted by atomic mass is 10.0. The van der Waals surface area contributed by atoms with Gasteiger partial charge in [-0.05, 0) is 96.2 Å². The topological polar surface area (TPSA) is 75.8 Å². The van der Waals surface area contributed by atoms with Crippen molar-refractivity contribution < 1.29 is 22.9 Å². The number of hydrogen-bond donors (Lipinski definition) is 0. The maximum Gasteiger partial charge on any atom is 0.271 e. The summed E-state index contributed by atoms with van der Waals surface area (Å²) in [5.41, 5.74) is 3.74. The van der Waals surface area contributed by atoms with E-state index in [-0.39, 0.29) is 4.75 Å². The average molecular weight is 647 g/mol. The molecule has 2 aliphatic heterocycles. The maximum absolute atomic E-state index is 6.77. The van der Waals surface area contributed by atoms with Crippen LogP contribution in [-0.2, 0) is 18.4 Å². The Hall–Kier alpha value is -2.52. The Labute approximate surface area is 271 Å². The molecule has 5 rings (SSSR count). The van der Waals surface area contributed by atoms with Crippen LogP contribution in [0.15, 0.2) is 27.6 Å². The Kier molecular flexibility index (Phi) is 11.0. The van der Waals surface area contributed by atoms with Crippen molar-refractivity contribution in [3.8, 4) is 23.0 Å². The highest BCUT2D eigenvalue weighted by atomic mass is 32.3. The van der Waals surface area contributed by atoms with Gasteiger partial charge in [0.15, 0.2) is 22.9 Å². The van der Waals surface area contributed by atoms with E-state index < -0.39 is 21.7 Å². The molecule has 0 saturated carbocycles. The number of aromatic nitrogens is 2. The molecule has 2 aliphatic rings. The Balaban J connectivity index is 0.00000127.